The molecule has 6 nitrogen and oxygen atoms in total. The van der Waals surface area contributed by atoms with Gasteiger partial charge < -0.3 is 29.5 Å². The molecule has 3 N–H and O–H groups in total. The second-order valence-electron chi connectivity index (χ2n) is 3.19. The summed E-state index contributed by atoms with van der Waals surface area (Å²) in [5.74, 6) is 0. The standard InChI is InChI=1S/C8H16O6/c1-12-8(13-2)6(11)7-5(10)4(9)3-14-7/h4-11H,3H2,1-2H3/t4-,5+,6-,7+/m1/s1. The Hall–Kier alpha value is -0.240. The fraction of sp³-hybridized carbons (Fsp3) is 1.00. The number of aliphatic hydroxyl groups is 3. The lowest BCUT2D eigenvalue weighted by molar-refractivity contribution is -0.201. The third-order valence-electron chi connectivity index (χ3n) is 2.27. The largest absolute Gasteiger partial charge is 0.388 e. The Bertz CT molecular complexity index is 171. The van der Waals surface area contributed by atoms with Crippen molar-refractivity contribution >= 4 is 0 Å². The molecule has 0 aromatic carbocycles. The fourth-order valence-corrected chi connectivity index (χ4v) is 1.46. The third-order valence-corrected chi connectivity index (χ3v) is 2.27. The zero-order valence-electron chi connectivity index (χ0n) is 8.16. The van der Waals surface area contributed by atoms with Gasteiger partial charge in [0.15, 0.2) is 6.29 Å². The highest BCUT2D eigenvalue weighted by Crippen LogP contribution is 2.20. The molecule has 1 fully saturated rings. The fourth-order valence-electron chi connectivity index (χ4n) is 1.46. The molecule has 4 atom stereocenters. The van der Waals surface area contributed by atoms with E-state index in [0.717, 1.165) is 0 Å². The molecule has 0 aromatic heterocycles. The average Bonchev–Trinajstić information content (AvgIpc) is 2.49. The molecule has 0 aromatic rings. The first-order chi connectivity index (χ1) is 6.61. The van der Waals surface area contributed by atoms with Gasteiger partial charge in [-0.2, -0.15) is 0 Å². The van der Waals surface area contributed by atoms with Crippen LogP contribution in [0.3, 0.4) is 0 Å². The highest BCUT2D eigenvalue weighted by molar-refractivity contribution is 4.89. The molecule has 1 saturated heterocycles. The lowest BCUT2D eigenvalue weighted by Gasteiger charge is -2.26. The SMILES string of the molecule is COC(OC)[C@H](O)[C@H]1OC[C@@H](O)[C@@H]1O. The van der Waals surface area contributed by atoms with Gasteiger partial charge in [-0.05, 0) is 0 Å². The minimum atomic E-state index is -1.13. The van der Waals surface area contributed by atoms with Crippen molar-refractivity contribution in [1.29, 1.82) is 0 Å². The van der Waals surface area contributed by atoms with Gasteiger partial charge in [0, 0.05) is 14.2 Å². The van der Waals surface area contributed by atoms with Crippen LogP contribution < -0.4 is 0 Å². The molecule has 1 heterocycles. The van der Waals surface area contributed by atoms with Gasteiger partial charge in [-0.25, -0.2) is 0 Å². The highest BCUT2D eigenvalue weighted by Gasteiger charge is 2.42. The second kappa shape index (κ2) is 5.01. The first kappa shape index (κ1) is 11.8. The molecular formula is C8H16O6. The van der Waals surface area contributed by atoms with Crippen LogP contribution >= 0.6 is 0 Å². The summed E-state index contributed by atoms with van der Waals surface area (Å²) < 4.78 is 14.6. The lowest BCUT2D eigenvalue weighted by Crippen LogP contribution is -2.46. The van der Waals surface area contributed by atoms with Crippen LogP contribution in [-0.2, 0) is 14.2 Å². The van der Waals surface area contributed by atoms with Gasteiger partial charge in [0.1, 0.15) is 24.4 Å². The summed E-state index contributed by atoms with van der Waals surface area (Å²) in [6, 6.07) is 0. The van der Waals surface area contributed by atoms with Gasteiger partial charge in [0.05, 0.1) is 6.61 Å². The van der Waals surface area contributed by atoms with E-state index in [2.05, 4.69) is 0 Å². The summed E-state index contributed by atoms with van der Waals surface area (Å²) >= 11 is 0. The van der Waals surface area contributed by atoms with Crippen LogP contribution in [0.1, 0.15) is 0 Å². The average molecular weight is 208 g/mol. The molecule has 84 valence electrons. The molecule has 0 saturated carbocycles. The lowest BCUT2D eigenvalue weighted by atomic mass is 10.1. The zero-order chi connectivity index (χ0) is 10.7. The third kappa shape index (κ3) is 2.22. The van der Waals surface area contributed by atoms with Gasteiger partial charge in [-0.3, -0.25) is 0 Å². The monoisotopic (exact) mass is 208 g/mol. The summed E-state index contributed by atoms with van der Waals surface area (Å²) in [7, 11) is 2.74. The predicted molar refractivity (Wildman–Crippen MR) is 45.6 cm³/mol. The molecule has 14 heavy (non-hydrogen) atoms. The van der Waals surface area contributed by atoms with Crippen LogP contribution in [0.15, 0.2) is 0 Å². The molecular weight excluding hydrogens is 192 g/mol. The number of rotatable bonds is 4. The van der Waals surface area contributed by atoms with E-state index in [0.29, 0.717) is 0 Å². The Morgan fingerprint density at radius 1 is 1.29 bits per heavy atom. The first-order valence-corrected chi connectivity index (χ1v) is 4.33. The van der Waals surface area contributed by atoms with E-state index in [1.807, 2.05) is 0 Å². The molecule has 1 aliphatic heterocycles. The number of hydrogen-bond donors (Lipinski definition) is 3. The van der Waals surface area contributed by atoms with E-state index in [-0.39, 0.29) is 6.61 Å². The first-order valence-electron chi connectivity index (χ1n) is 4.33. The van der Waals surface area contributed by atoms with Crippen LogP contribution in [0.25, 0.3) is 0 Å². The molecule has 6 heteroatoms. The topological polar surface area (TPSA) is 88.4 Å². The van der Waals surface area contributed by atoms with E-state index in [1.54, 1.807) is 0 Å². The maximum atomic E-state index is 9.65. The Morgan fingerprint density at radius 3 is 2.21 bits per heavy atom. The van der Waals surface area contributed by atoms with Crippen molar-refractivity contribution in [3.63, 3.8) is 0 Å². The smallest absolute Gasteiger partial charge is 0.185 e. The van der Waals surface area contributed by atoms with Crippen LogP contribution in [0.2, 0.25) is 0 Å². The van der Waals surface area contributed by atoms with Crippen molar-refractivity contribution in [3.8, 4) is 0 Å². The summed E-state index contributed by atoms with van der Waals surface area (Å²) in [4.78, 5) is 0. The van der Waals surface area contributed by atoms with Crippen molar-refractivity contribution in [3.05, 3.63) is 0 Å². The number of ether oxygens (including phenoxy) is 3. The van der Waals surface area contributed by atoms with Crippen LogP contribution in [0, 0.1) is 0 Å². The Labute approximate surface area is 82.0 Å². The zero-order valence-corrected chi connectivity index (χ0v) is 8.16. The molecule has 1 aliphatic rings. The van der Waals surface area contributed by atoms with Gasteiger partial charge in [-0.1, -0.05) is 0 Å². The van der Waals surface area contributed by atoms with Gasteiger partial charge in [0.2, 0.25) is 0 Å². The number of hydrogen-bond acceptors (Lipinski definition) is 6. The van der Waals surface area contributed by atoms with Crippen molar-refractivity contribution < 1.29 is 29.5 Å². The second-order valence-corrected chi connectivity index (χ2v) is 3.19. The maximum Gasteiger partial charge on any atom is 0.185 e. The molecule has 0 radical (unpaired) electrons. The van der Waals surface area contributed by atoms with E-state index in [4.69, 9.17) is 14.2 Å². The molecule has 0 unspecified atom stereocenters. The van der Waals surface area contributed by atoms with Gasteiger partial charge in [-0.15, -0.1) is 0 Å². The Kier molecular flexibility index (Phi) is 4.24. The summed E-state index contributed by atoms with van der Waals surface area (Å²) in [6.45, 7) is 0.00302. The predicted octanol–water partition coefficient (Wildman–Crippen LogP) is -1.91. The molecule has 0 bridgehead atoms. The summed E-state index contributed by atoms with van der Waals surface area (Å²) in [5.41, 5.74) is 0. The minimum absolute atomic E-state index is 0.00302. The highest BCUT2D eigenvalue weighted by atomic mass is 16.7. The van der Waals surface area contributed by atoms with Crippen LogP contribution in [0.5, 0.6) is 0 Å². The summed E-state index contributed by atoms with van der Waals surface area (Å²) in [6.07, 6.45) is -4.96. The molecule has 0 spiro atoms. The van der Waals surface area contributed by atoms with Crippen molar-refractivity contribution in [2.75, 3.05) is 20.8 Å². The van der Waals surface area contributed by atoms with Gasteiger partial charge in [0.25, 0.3) is 0 Å². The van der Waals surface area contributed by atoms with Crippen LogP contribution in [0.4, 0.5) is 0 Å². The number of methoxy groups -OCH3 is 2. The Morgan fingerprint density at radius 2 is 1.86 bits per heavy atom. The van der Waals surface area contributed by atoms with E-state index >= 15 is 0 Å². The van der Waals surface area contributed by atoms with Crippen LogP contribution in [-0.4, -0.2) is 66.9 Å². The number of aliphatic hydroxyl groups excluding tert-OH is 3. The summed E-state index contributed by atoms with van der Waals surface area (Å²) in [5, 5.41) is 28.2. The van der Waals surface area contributed by atoms with Gasteiger partial charge >= 0.3 is 0 Å². The molecule has 0 amide bonds. The normalized spacial score (nSPS) is 35.1. The van der Waals surface area contributed by atoms with E-state index in [9.17, 15) is 15.3 Å². The van der Waals surface area contributed by atoms with Crippen molar-refractivity contribution in [1.82, 2.24) is 0 Å². The van der Waals surface area contributed by atoms with Crippen molar-refractivity contribution in [2.24, 2.45) is 0 Å². The molecule has 1 rings (SSSR count). The van der Waals surface area contributed by atoms with E-state index in [1.165, 1.54) is 14.2 Å². The maximum absolute atomic E-state index is 9.65. The Balaban J connectivity index is 2.55. The van der Waals surface area contributed by atoms with E-state index < -0.39 is 30.7 Å². The quantitative estimate of drug-likeness (QED) is 0.467. The molecule has 0 aliphatic carbocycles. The minimum Gasteiger partial charge on any atom is -0.388 e. The van der Waals surface area contributed by atoms with Crippen molar-refractivity contribution in [2.45, 2.75) is 30.7 Å².